The van der Waals surface area contributed by atoms with Crippen LogP contribution in [-0.4, -0.2) is 90.1 Å². The van der Waals surface area contributed by atoms with Gasteiger partial charge in [-0.2, -0.15) is 10.2 Å². The Morgan fingerprint density at radius 2 is 1.15 bits per heavy atom. The number of azo groups is 1. The van der Waals surface area contributed by atoms with Crippen LogP contribution in [0.1, 0.15) is 65.6 Å². The Balaban J connectivity index is 1.00. The Hall–Kier alpha value is -6.24. The molecule has 62 heavy (non-hydrogen) atoms. The van der Waals surface area contributed by atoms with Crippen LogP contribution in [0.25, 0.3) is 0 Å². The number of anilines is 1. The van der Waals surface area contributed by atoms with Crippen LogP contribution in [0.2, 0.25) is 0 Å². The van der Waals surface area contributed by atoms with Gasteiger partial charge in [-0.1, -0.05) is 42.8 Å². The van der Waals surface area contributed by atoms with E-state index >= 15 is 0 Å². The maximum atomic E-state index is 13.4. The molecule has 0 aliphatic carbocycles. The fourth-order valence-electron chi connectivity index (χ4n) is 7.72. The lowest BCUT2D eigenvalue weighted by Gasteiger charge is -2.44. The SMILES string of the molecule is COc1ccc(C(OCC2(CO)CCN(C(=O)CCCCCNC(=O)c3ccc(/N=N/c4ccc(N(C)C)cc4)cc3)CC2)(c2ccc(OC)cc2)c2ccc(OC)cc2)cc1. The highest BCUT2D eigenvalue weighted by Crippen LogP contribution is 2.45. The Morgan fingerprint density at radius 1 is 0.677 bits per heavy atom. The first-order valence-corrected chi connectivity index (χ1v) is 21.2. The molecule has 0 unspecified atom stereocenters. The molecule has 1 aliphatic heterocycles. The highest BCUT2D eigenvalue weighted by atomic mass is 16.5. The summed E-state index contributed by atoms with van der Waals surface area (Å²) in [5, 5.41) is 22.5. The number of carbonyl (C=O) groups excluding carboxylic acids is 2. The smallest absolute Gasteiger partial charge is 0.251 e. The summed E-state index contributed by atoms with van der Waals surface area (Å²) in [6.07, 6.45) is 3.93. The van der Waals surface area contributed by atoms with Crippen molar-refractivity contribution in [1.29, 1.82) is 0 Å². The summed E-state index contributed by atoms with van der Waals surface area (Å²) in [7, 11) is 8.89. The molecular formula is C50H59N5O7. The van der Waals surface area contributed by atoms with Crippen molar-refractivity contribution in [2.45, 2.75) is 44.1 Å². The standard InChI is InChI=1S/C50H59N5O7/c1-54(2)43-22-20-42(21-23-43)53-52-41-18-10-37(11-19-41)48(58)51-32-8-6-7-9-47(57)55-33-30-49(35-56,31-34-55)36-62-50(38-12-24-44(59-3)25-13-38,39-14-26-45(60-4)27-15-39)40-16-28-46(61-5)29-17-40/h10-29,56H,6-9,30-36H2,1-5H3,(H,51,58)/b53-52+. The largest absolute Gasteiger partial charge is 0.497 e. The summed E-state index contributed by atoms with van der Waals surface area (Å²) < 4.78 is 23.7. The van der Waals surface area contributed by atoms with Crippen molar-refractivity contribution in [2.24, 2.45) is 15.6 Å². The first-order valence-electron chi connectivity index (χ1n) is 21.2. The number of carbonyl (C=O) groups is 2. The quantitative estimate of drug-likeness (QED) is 0.0451. The number of aliphatic hydroxyl groups excluding tert-OH is 1. The van der Waals surface area contributed by atoms with Gasteiger partial charge in [-0.05, 0) is 127 Å². The topological polar surface area (TPSA) is 135 Å². The van der Waals surface area contributed by atoms with Gasteiger partial charge in [-0.25, -0.2) is 0 Å². The maximum Gasteiger partial charge on any atom is 0.251 e. The Kier molecular flexibility index (Phi) is 15.7. The molecule has 5 aromatic carbocycles. The Morgan fingerprint density at radius 3 is 1.58 bits per heavy atom. The van der Waals surface area contributed by atoms with E-state index in [1.807, 2.05) is 121 Å². The molecule has 12 nitrogen and oxygen atoms in total. The molecule has 1 saturated heterocycles. The number of ether oxygens (including phenoxy) is 4. The molecule has 1 aliphatic rings. The zero-order chi connectivity index (χ0) is 44.0. The molecule has 12 heteroatoms. The highest BCUT2D eigenvalue weighted by molar-refractivity contribution is 5.94. The number of likely N-dealkylation sites (tertiary alicyclic amines) is 1. The van der Waals surface area contributed by atoms with Gasteiger partial charge in [0.1, 0.15) is 22.8 Å². The molecule has 0 saturated carbocycles. The first-order chi connectivity index (χ1) is 30.1. The normalized spacial score (nSPS) is 13.7. The highest BCUT2D eigenvalue weighted by Gasteiger charge is 2.43. The van der Waals surface area contributed by atoms with Crippen LogP contribution in [0.3, 0.4) is 0 Å². The number of piperidine rings is 1. The minimum absolute atomic E-state index is 0.0770. The molecule has 2 amide bonds. The summed E-state index contributed by atoms with van der Waals surface area (Å²) in [5.74, 6) is 2.13. The average Bonchev–Trinajstić information content (AvgIpc) is 3.33. The monoisotopic (exact) mass is 841 g/mol. The summed E-state index contributed by atoms with van der Waals surface area (Å²) in [5.41, 5.74) is 4.11. The molecule has 2 N–H and O–H groups in total. The Labute approximate surface area is 365 Å². The van der Waals surface area contributed by atoms with Crippen molar-refractivity contribution in [3.63, 3.8) is 0 Å². The van der Waals surface area contributed by atoms with E-state index < -0.39 is 11.0 Å². The minimum Gasteiger partial charge on any atom is -0.497 e. The number of methoxy groups -OCH3 is 3. The lowest BCUT2D eigenvalue weighted by atomic mass is 9.77. The number of unbranched alkanes of at least 4 members (excludes halogenated alkanes) is 2. The molecule has 1 fully saturated rings. The molecule has 6 rings (SSSR count). The van der Waals surface area contributed by atoms with Gasteiger partial charge in [0.15, 0.2) is 0 Å². The molecule has 0 bridgehead atoms. The van der Waals surface area contributed by atoms with Gasteiger partial charge < -0.3 is 39.2 Å². The molecule has 0 atom stereocenters. The second-order valence-corrected chi connectivity index (χ2v) is 15.9. The van der Waals surface area contributed by atoms with Gasteiger partial charge in [0, 0.05) is 56.8 Å². The van der Waals surface area contributed by atoms with Crippen LogP contribution in [0, 0.1) is 5.41 Å². The van der Waals surface area contributed by atoms with Crippen LogP contribution in [-0.2, 0) is 15.1 Å². The zero-order valence-corrected chi connectivity index (χ0v) is 36.5. The van der Waals surface area contributed by atoms with Gasteiger partial charge in [-0.3, -0.25) is 9.59 Å². The van der Waals surface area contributed by atoms with Crippen molar-refractivity contribution in [2.75, 3.05) is 73.2 Å². The zero-order valence-electron chi connectivity index (χ0n) is 36.5. The van der Waals surface area contributed by atoms with E-state index in [9.17, 15) is 14.7 Å². The fourth-order valence-corrected chi connectivity index (χ4v) is 7.72. The summed E-state index contributed by atoms with van der Waals surface area (Å²) in [6.45, 7) is 1.76. The van der Waals surface area contributed by atoms with E-state index in [0.717, 1.165) is 64.6 Å². The third kappa shape index (κ3) is 11.2. The maximum absolute atomic E-state index is 13.4. The number of hydrogen-bond donors (Lipinski definition) is 2. The number of amides is 2. The van der Waals surface area contributed by atoms with Crippen LogP contribution in [0.4, 0.5) is 17.1 Å². The van der Waals surface area contributed by atoms with Crippen molar-refractivity contribution in [3.05, 3.63) is 144 Å². The van der Waals surface area contributed by atoms with Gasteiger partial charge in [0.05, 0.1) is 45.9 Å². The lowest BCUT2D eigenvalue weighted by molar-refractivity contribution is -0.137. The van der Waals surface area contributed by atoms with Crippen LogP contribution in [0.5, 0.6) is 17.2 Å². The second-order valence-electron chi connectivity index (χ2n) is 15.9. The number of hydrogen-bond acceptors (Lipinski definition) is 10. The van der Waals surface area contributed by atoms with Gasteiger partial charge in [0.2, 0.25) is 5.91 Å². The third-order valence-corrected chi connectivity index (χ3v) is 11.7. The fraction of sp³-hybridized carbons (Fsp3) is 0.360. The number of benzene rings is 5. The molecule has 5 aromatic rings. The van der Waals surface area contributed by atoms with Crippen LogP contribution in [0.15, 0.2) is 132 Å². The second kappa shape index (κ2) is 21.5. The first kappa shape index (κ1) is 45.3. The van der Waals surface area contributed by atoms with Gasteiger partial charge in [0.25, 0.3) is 5.91 Å². The van der Waals surface area contributed by atoms with Crippen molar-refractivity contribution in [3.8, 4) is 17.2 Å². The lowest BCUT2D eigenvalue weighted by Crippen LogP contribution is -2.48. The minimum atomic E-state index is -1.06. The summed E-state index contributed by atoms with van der Waals surface area (Å²) >= 11 is 0. The van der Waals surface area contributed by atoms with Crippen molar-refractivity contribution in [1.82, 2.24) is 10.2 Å². The van der Waals surface area contributed by atoms with Crippen molar-refractivity contribution >= 4 is 28.9 Å². The molecule has 1 heterocycles. The average molecular weight is 842 g/mol. The van der Waals surface area contributed by atoms with E-state index in [4.69, 9.17) is 18.9 Å². The molecule has 0 radical (unpaired) electrons. The number of rotatable bonds is 20. The van der Waals surface area contributed by atoms with E-state index in [-0.39, 0.29) is 25.0 Å². The van der Waals surface area contributed by atoms with Crippen LogP contribution >= 0.6 is 0 Å². The molecular weight excluding hydrogens is 783 g/mol. The van der Waals surface area contributed by atoms with Crippen LogP contribution < -0.4 is 24.4 Å². The third-order valence-electron chi connectivity index (χ3n) is 11.7. The Bertz CT molecular complexity index is 2090. The number of nitrogens with zero attached hydrogens (tertiary/aromatic N) is 4. The van der Waals surface area contributed by atoms with E-state index in [1.165, 1.54) is 0 Å². The summed E-state index contributed by atoms with van der Waals surface area (Å²) in [4.78, 5) is 30.1. The number of aliphatic hydroxyl groups is 1. The summed E-state index contributed by atoms with van der Waals surface area (Å²) in [6, 6.07) is 38.4. The van der Waals surface area contributed by atoms with E-state index in [0.29, 0.717) is 50.1 Å². The van der Waals surface area contributed by atoms with E-state index in [2.05, 4.69) is 15.5 Å². The predicted molar refractivity (Wildman–Crippen MR) is 242 cm³/mol. The predicted octanol–water partition coefficient (Wildman–Crippen LogP) is 9.09. The van der Waals surface area contributed by atoms with Crippen molar-refractivity contribution < 1.29 is 33.6 Å². The van der Waals surface area contributed by atoms with Gasteiger partial charge >= 0.3 is 0 Å². The number of nitrogens with one attached hydrogen (secondary N) is 1. The van der Waals surface area contributed by atoms with E-state index in [1.54, 1.807) is 45.6 Å². The molecule has 0 aromatic heterocycles. The van der Waals surface area contributed by atoms with Gasteiger partial charge in [-0.15, -0.1) is 0 Å². The molecule has 326 valence electrons. The molecule has 0 spiro atoms.